The molecule has 2 rings (SSSR count). The van der Waals surface area contributed by atoms with Crippen LogP contribution < -0.4 is 11.1 Å². The molecule has 6 nitrogen and oxygen atoms in total. The molecule has 6 heteroatoms. The number of nitrogens with two attached hydrogens (primary N) is 1. The number of hydrogen-bond donors (Lipinski definition) is 2. The minimum atomic E-state index is -0.490. The van der Waals surface area contributed by atoms with Crippen LogP contribution in [0.15, 0.2) is 18.2 Å². The smallest absolute Gasteiger partial charge is 0.340 e. The number of nitrogens with one attached hydrogen (secondary N) is 1. The van der Waals surface area contributed by atoms with E-state index in [9.17, 15) is 9.59 Å². The van der Waals surface area contributed by atoms with Gasteiger partial charge in [-0.15, -0.1) is 0 Å². The molecule has 0 aliphatic carbocycles. The van der Waals surface area contributed by atoms with Gasteiger partial charge in [0.1, 0.15) is 6.04 Å². The molecule has 0 saturated carbocycles. The van der Waals surface area contributed by atoms with Crippen molar-refractivity contribution in [1.82, 2.24) is 4.90 Å². The number of nitrogen functional groups attached to an aromatic ring is 1. The van der Waals surface area contributed by atoms with Gasteiger partial charge in [-0.1, -0.05) is 0 Å². The normalized spacial score (nSPS) is 18.5. The van der Waals surface area contributed by atoms with Crippen LogP contribution in [0.5, 0.6) is 0 Å². The summed E-state index contributed by atoms with van der Waals surface area (Å²) in [6.45, 7) is 0.731. The van der Waals surface area contributed by atoms with E-state index < -0.39 is 5.97 Å². The van der Waals surface area contributed by atoms with Gasteiger partial charge >= 0.3 is 5.97 Å². The molecule has 3 N–H and O–H groups in total. The SMILES string of the molecule is COC(=O)c1cc(NC2CCN(C)C2=O)ccc1N. The maximum atomic E-state index is 11.8. The molecular weight excluding hydrogens is 246 g/mol. The summed E-state index contributed by atoms with van der Waals surface area (Å²) in [6, 6.07) is 4.72. The second-order valence-electron chi connectivity index (χ2n) is 4.54. The van der Waals surface area contributed by atoms with Gasteiger partial charge in [0.25, 0.3) is 0 Å². The average molecular weight is 263 g/mol. The first-order chi connectivity index (χ1) is 9.02. The van der Waals surface area contributed by atoms with E-state index in [-0.39, 0.29) is 11.9 Å². The number of carbonyl (C=O) groups is 2. The molecule has 0 radical (unpaired) electrons. The third-order valence-corrected chi connectivity index (χ3v) is 3.23. The lowest BCUT2D eigenvalue weighted by molar-refractivity contribution is -0.127. The molecule has 1 aromatic rings. The molecule has 1 fully saturated rings. The number of esters is 1. The van der Waals surface area contributed by atoms with Crippen molar-refractivity contribution in [3.63, 3.8) is 0 Å². The van der Waals surface area contributed by atoms with Gasteiger partial charge in [-0.2, -0.15) is 0 Å². The number of benzene rings is 1. The van der Waals surface area contributed by atoms with E-state index in [2.05, 4.69) is 10.1 Å². The van der Waals surface area contributed by atoms with Crippen LogP contribution in [-0.4, -0.2) is 43.5 Å². The van der Waals surface area contributed by atoms with E-state index in [0.29, 0.717) is 16.9 Å². The number of likely N-dealkylation sites (tertiary alicyclic amines) is 1. The Bertz CT molecular complexity index is 516. The second kappa shape index (κ2) is 5.17. The average Bonchev–Trinajstić information content (AvgIpc) is 2.72. The van der Waals surface area contributed by atoms with E-state index in [4.69, 9.17) is 5.73 Å². The lowest BCUT2D eigenvalue weighted by Gasteiger charge is -2.14. The van der Waals surface area contributed by atoms with Gasteiger partial charge in [0.15, 0.2) is 0 Å². The maximum Gasteiger partial charge on any atom is 0.340 e. The third-order valence-electron chi connectivity index (χ3n) is 3.23. The van der Waals surface area contributed by atoms with Crippen molar-refractivity contribution in [2.75, 3.05) is 31.8 Å². The van der Waals surface area contributed by atoms with E-state index in [1.54, 1.807) is 30.1 Å². The molecule has 1 aliphatic heterocycles. The number of anilines is 2. The number of methoxy groups -OCH3 is 1. The van der Waals surface area contributed by atoms with Gasteiger partial charge in [0.2, 0.25) is 5.91 Å². The Labute approximate surface area is 111 Å². The number of ether oxygens (including phenoxy) is 1. The largest absolute Gasteiger partial charge is 0.465 e. The first-order valence-electron chi connectivity index (χ1n) is 6.02. The Morgan fingerprint density at radius 3 is 2.84 bits per heavy atom. The Hall–Kier alpha value is -2.24. The summed E-state index contributed by atoms with van der Waals surface area (Å²) in [5.41, 5.74) is 7.05. The minimum absolute atomic E-state index is 0.0523. The summed E-state index contributed by atoms with van der Waals surface area (Å²) < 4.78 is 4.66. The fourth-order valence-corrected chi connectivity index (χ4v) is 2.09. The quantitative estimate of drug-likeness (QED) is 0.619. The summed E-state index contributed by atoms with van der Waals surface area (Å²) in [4.78, 5) is 25.0. The number of nitrogens with zero attached hydrogens (tertiary/aromatic N) is 1. The summed E-state index contributed by atoms with van der Waals surface area (Å²) >= 11 is 0. The molecule has 1 amide bonds. The van der Waals surface area contributed by atoms with E-state index >= 15 is 0 Å². The van der Waals surface area contributed by atoms with Crippen molar-refractivity contribution in [1.29, 1.82) is 0 Å². The van der Waals surface area contributed by atoms with Crippen LogP contribution in [0.3, 0.4) is 0 Å². The van der Waals surface area contributed by atoms with E-state index in [0.717, 1.165) is 13.0 Å². The second-order valence-corrected chi connectivity index (χ2v) is 4.54. The van der Waals surface area contributed by atoms with Crippen LogP contribution >= 0.6 is 0 Å². The van der Waals surface area contributed by atoms with Crippen LogP contribution in [-0.2, 0) is 9.53 Å². The van der Waals surface area contributed by atoms with Crippen LogP contribution in [0.4, 0.5) is 11.4 Å². The molecule has 1 aromatic carbocycles. The fourth-order valence-electron chi connectivity index (χ4n) is 2.09. The maximum absolute atomic E-state index is 11.8. The number of likely N-dealkylation sites (N-methyl/N-ethyl adjacent to an activating group) is 1. The summed E-state index contributed by atoms with van der Waals surface area (Å²) in [5, 5.41) is 3.11. The first-order valence-corrected chi connectivity index (χ1v) is 6.02. The number of amides is 1. The van der Waals surface area contributed by atoms with Crippen molar-refractivity contribution in [3.8, 4) is 0 Å². The lowest BCUT2D eigenvalue weighted by Crippen LogP contribution is -2.31. The molecule has 102 valence electrons. The van der Waals surface area contributed by atoms with Gasteiger partial charge in [0, 0.05) is 25.0 Å². The number of carbonyl (C=O) groups excluding carboxylic acids is 2. The Morgan fingerprint density at radius 2 is 2.26 bits per heavy atom. The molecular formula is C13H17N3O3. The molecule has 0 bridgehead atoms. The molecule has 0 aromatic heterocycles. The number of hydrogen-bond acceptors (Lipinski definition) is 5. The monoisotopic (exact) mass is 263 g/mol. The highest BCUT2D eigenvalue weighted by molar-refractivity contribution is 5.96. The zero-order chi connectivity index (χ0) is 14.0. The zero-order valence-corrected chi connectivity index (χ0v) is 11.0. The first kappa shape index (κ1) is 13.2. The van der Waals surface area contributed by atoms with E-state index in [1.165, 1.54) is 7.11 Å². The van der Waals surface area contributed by atoms with Gasteiger partial charge < -0.3 is 20.7 Å². The highest BCUT2D eigenvalue weighted by Gasteiger charge is 2.28. The molecule has 1 heterocycles. The van der Waals surface area contributed by atoms with Crippen molar-refractivity contribution in [2.45, 2.75) is 12.5 Å². The fraction of sp³-hybridized carbons (Fsp3) is 0.385. The molecule has 1 saturated heterocycles. The van der Waals surface area contributed by atoms with Crippen molar-refractivity contribution in [2.24, 2.45) is 0 Å². The van der Waals surface area contributed by atoms with Crippen molar-refractivity contribution < 1.29 is 14.3 Å². The Balaban J connectivity index is 2.18. The van der Waals surface area contributed by atoms with Crippen LogP contribution in [0.1, 0.15) is 16.8 Å². The van der Waals surface area contributed by atoms with Gasteiger partial charge in [-0.05, 0) is 24.6 Å². The van der Waals surface area contributed by atoms with Crippen molar-refractivity contribution in [3.05, 3.63) is 23.8 Å². The van der Waals surface area contributed by atoms with Crippen molar-refractivity contribution >= 4 is 23.3 Å². The summed E-state index contributed by atoms with van der Waals surface area (Å²) in [5.74, 6) is -0.438. The Kier molecular flexibility index (Phi) is 3.59. The van der Waals surface area contributed by atoms with Crippen LogP contribution in [0.2, 0.25) is 0 Å². The lowest BCUT2D eigenvalue weighted by atomic mass is 10.1. The van der Waals surface area contributed by atoms with Gasteiger partial charge in [0.05, 0.1) is 12.7 Å². The Morgan fingerprint density at radius 1 is 1.53 bits per heavy atom. The van der Waals surface area contributed by atoms with Crippen LogP contribution in [0, 0.1) is 0 Å². The zero-order valence-electron chi connectivity index (χ0n) is 11.0. The standard InChI is InChI=1S/C13H17N3O3/c1-16-6-5-11(12(16)17)15-8-3-4-10(14)9(7-8)13(18)19-2/h3-4,7,11,15H,5-6,14H2,1-2H3. The summed E-state index contributed by atoms with van der Waals surface area (Å²) in [7, 11) is 3.07. The van der Waals surface area contributed by atoms with E-state index in [1.807, 2.05) is 0 Å². The van der Waals surface area contributed by atoms with Crippen LogP contribution in [0.25, 0.3) is 0 Å². The predicted octanol–water partition coefficient (Wildman–Crippen LogP) is 0.698. The predicted molar refractivity (Wildman–Crippen MR) is 71.9 cm³/mol. The highest BCUT2D eigenvalue weighted by atomic mass is 16.5. The molecule has 0 spiro atoms. The van der Waals surface area contributed by atoms with Gasteiger partial charge in [-0.3, -0.25) is 4.79 Å². The molecule has 1 aliphatic rings. The minimum Gasteiger partial charge on any atom is -0.465 e. The van der Waals surface area contributed by atoms with Gasteiger partial charge in [-0.25, -0.2) is 4.79 Å². The third kappa shape index (κ3) is 2.62. The highest BCUT2D eigenvalue weighted by Crippen LogP contribution is 2.21. The molecule has 19 heavy (non-hydrogen) atoms. The topological polar surface area (TPSA) is 84.7 Å². The molecule has 1 atom stereocenters. The molecule has 1 unspecified atom stereocenters. The summed E-state index contributed by atoms with van der Waals surface area (Å²) in [6.07, 6.45) is 0.743. The number of rotatable bonds is 3.